The number of hydrogen-bond acceptors (Lipinski definition) is 3. The van der Waals surface area contributed by atoms with Crippen molar-refractivity contribution in [3.63, 3.8) is 0 Å². The minimum absolute atomic E-state index is 0.241. The minimum atomic E-state index is -0.241. The molecular formula is C14H13NO2. The molecule has 86 valence electrons. The van der Waals surface area contributed by atoms with Crippen LogP contribution in [0.5, 0.6) is 0 Å². The molecule has 1 aliphatic rings. The lowest BCUT2D eigenvalue weighted by atomic mass is 10.1. The van der Waals surface area contributed by atoms with Gasteiger partial charge in [0.2, 0.25) is 0 Å². The third-order valence-electron chi connectivity index (χ3n) is 2.83. The van der Waals surface area contributed by atoms with E-state index in [2.05, 4.69) is 6.07 Å². The lowest BCUT2D eigenvalue weighted by Gasteiger charge is -2.07. The number of allylic oxidation sites excluding steroid dienone is 1. The van der Waals surface area contributed by atoms with Gasteiger partial charge in [-0.15, -0.1) is 0 Å². The highest BCUT2D eigenvalue weighted by Crippen LogP contribution is 2.34. The molecule has 0 spiro atoms. The third kappa shape index (κ3) is 2.07. The Balaban J connectivity index is 2.40. The minimum Gasteiger partial charge on any atom is -0.426 e. The fourth-order valence-electron chi connectivity index (χ4n) is 1.94. The van der Waals surface area contributed by atoms with Gasteiger partial charge in [-0.1, -0.05) is 13.0 Å². The molecule has 0 radical (unpaired) electrons. The van der Waals surface area contributed by atoms with Gasteiger partial charge >= 0.3 is 5.97 Å². The third-order valence-corrected chi connectivity index (χ3v) is 2.83. The second-order valence-corrected chi connectivity index (χ2v) is 4.10. The van der Waals surface area contributed by atoms with E-state index in [9.17, 15) is 4.79 Å². The van der Waals surface area contributed by atoms with Crippen LogP contribution in [0.3, 0.4) is 0 Å². The van der Waals surface area contributed by atoms with E-state index < -0.39 is 0 Å². The highest BCUT2D eigenvalue weighted by Gasteiger charge is 2.22. The molecule has 2 rings (SSSR count). The van der Waals surface area contributed by atoms with Gasteiger partial charge in [-0.3, -0.25) is 4.79 Å². The maximum Gasteiger partial charge on any atom is 0.310 e. The lowest BCUT2D eigenvalue weighted by Crippen LogP contribution is -2.01. The molecule has 0 saturated heterocycles. The van der Waals surface area contributed by atoms with Crippen LogP contribution < -0.4 is 0 Å². The van der Waals surface area contributed by atoms with Gasteiger partial charge < -0.3 is 4.74 Å². The average molecular weight is 227 g/mol. The molecular weight excluding hydrogens is 214 g/mol. The van der Waals surface area contributed by atoms with Crippen molar-refractivity contribution in [1.82, 2.24) is 0 Å². The first-order chi connectivity index (χ1) is 8.15. The van der Waals surface area contributed by atoms with Crippen molar-refractivity contribution >= 4 is 11.7 Å². The fraction of sp³-hybridized carbons (Fsp3) is 0.286. The second-order valence-electron chi connectivity index (χ2n) is 4.10. The van der Waals surface area contributed by atoms with Crippen LogP contribution in [-0.4, -0.2) is 5.97 Å². The van der Waals surface area contributed by atoms with Gasteiger partial charge in [0.1, 0.15) is 5.76 Å². The summed E-state index contributed by atoms with van der Waals surface area (Å²) in [4.78, 5) is 11.4. The Morgan fingerprint density at radius 3 is 2.94 bits per heavy atom. The molecule has 0 amide bonds. The highest BCUT2D eigenvalue weighted by atomic mass is 16.5. The van der Waals surface area contributed by atoms with Gasteiger partial charge in [0.25, 0.3) is 0 Å². The summed E-state index contributed by atoms with van der Waals surface area (Å²) in [6.07, 6.45) is 1.14. The Hall–Kier alpha value is -2.08. The number of fused-ring (bicyclic) bond motifs is 1. The topological polar surface area (TPSA) is 50.1 Å². The zero-order valence-corrected chi connectivity index (χ0v) is 9.91. The summed E-state index contributed by atoms with van der Waals surface area (Å²) < 4.78 is 5.33. The molecule has 0 fully saturated rings. The maximum absolute atomic E-state index is 11.4. The SMILES string of the molecule is CCC(=O)OC1=C(C)Cc2ccc(C#N)cc21. The number of benzene rings is 1. The molecule has 0 saturated carbocycles. The maximum atomic E-state index is 11.4. The molecule has 0 heterocycles. The summed E-state index contributed by atoms with van der Waals surface area (Å²) in [6, 6.07) is 7.59. The van der Waals surface area contributed by atoms with Crippen molar-refractivity contribution in [2.75, 3.05) is 0 Å². The van der Waals surface area contributed by atoms with Gasteiger partial charge in [-0.25, -0.2) is 0 Å². The Morgan fingerprint density at radius 2 is 2.29 bits per heavy atom. The number of esters is 1. The molecule has 0 atom stereocenters. The van der Waals surface area contributed by atoms with E-state index in [4.69, 9.17) is 10.00 Å². The monoisotopic (exact) mass is 227 g/mol. The number of ether oxygens (including phenoxy) is 1. The molecule has 0 aromatic heterocycles. The average Bonchev–Trinajstić information content (AvgIpc) is 2.65. The van der Waals surface area contributed by atoms with E-state index in [0.29, 0.717) is 17.7 Å². The van der Waals surface area contributed by atoms with Gasteiger partial charge in [0, 0.05) is 12.0 Å². The fourth-order valence-corrected chi connectivity index (χ4v) is 1.94. The van der Waals surface area contributed by atoms with Crippen LogP contribution in [0.4, 0.5) is 0 Å². The number of carbonyl (C=O) groups excluding carboxylic acids is 1. The quantitative estimate of drug-likeness (QED) is 0.730. The predicted molar refractivity (Wildman–Crippen MR) is 63.8 cm³/mol. The van der Waals surface area contributed by atoms with E-state index in [1.807, 2.05) is 13.0 Å². The van der Waals surface area contributed by atoms with E-state index >= 15 is 0 Å². The molecule has 0 N–H and O–H groups in total. The zero-order chi connectivity index (χ0) is 12.4. The first kappa shape index (κ1) is 11.4. The van der Waals surface area contributed by atoms with E-state index in [1.165, 1.54) is 0 Å². The first-order valence-corrected chi connectivity index (χ1v) is 5.59. The second kappa shape index (κ2) is 4.42. The predicted octanol–water partition coefficient (Wildman–Crippen LogP) is 2.80. The van der Waals surface area contributed by atoms with Crippen LogP contribution in [0.2, 0.25) is 0 Å². The number of rotatable bonds is 2. The highest BCUT2D eigenvalue weighted by molar-refractivity contribution is 5.82. The Morgan fingerprint density at radius 1 is 1.53 bits per heavy atom. The molecule has 1 aromatic rings. The van der Waals surface area contributed by atoms with Crippen molar-refractivity contribution in [2.24, 2.45) is 0 Å². The normalized spacial score (nSPS) is 13.2. The molecule has 17 heavy (non-hydrogen) atoms. The van der Waals surface area contributed by atoms with Gasteiger partial charge in [0.15, 0.2) is 0 Å². The number of nitrogens with zero attached hydrogens (tertiary/aromatic N) is 1. The van der Waals surface area contributed by atoms with E-state index in [-0.39, 0.29) is 5.97 Å². The largest absolute Gasteiger partial charge is 0.426 e. The molecule has 0 unspecified atom stereocenters. The smallest absolute Gasteiger partial charge is 0.310 e. The summed E-state index contributed by atoms with van der Waals surface area (Å²) in [5, 5.41) is 8.88. The van der Waals surface area contributed by atoms with Gasteiger partial charge in [0.05, 0.1) is 11.6 Å². The Labute approximate surface area is 100 Å². The summed E-state index contributed by atoms with van der Waals surface area (Å²) in [5.41, 5.74) is 3.61. The van der Waals surface area contributed by atoms with Crippen LogP contribution in [-0.2, 0) is 16.0 Å². The van der Waals surface area contributed by atoms with E-state index in [1.54, 1.807) is 19.1 Å². The summed E-state index contributed by atoms with van der Waals surface area (Å²) in [7, 11) is 0. The summed E-state index contributed by atoms with van der Waals surface area (Å²) in [5.74, 6) is 0.388. The van der Waals surface area contributed by atoms with Crippen molar-refractivity contribution in [2.45, 2.75) is 26.7 Å². The summed E-state index contributed by atoms with van der Waals surface area (Å²) >= 11 is 0. The molecule has 1 aromatic carbocycles. The number of nitriles is 1. The standard InChI is InChI=1S/C14H13NO2/c1-3-13(16)17-14-9(2)6-11-5-4-10(8-15)7-12(11)14/h4-5,7H,3,6H2,1-2H3. The van der Waals surface area contributed by atoms with Gasteiger partial charge in [-0.05, 0) is 36.6 Å². The Bertz CT molecular complexity index is 550. The molecule has 3 nitrogen and oxygen atoms in total. The van der Waals surface area contributed by atoms with Crippen LogP contribution in [0.1, 0.15) is 37.0 Å². The molecule has 1 aliphatic carbocycles. The first-order valence-electron chi connectivity index (χ1n) is 5.59. The van der Waals surface area contributed by atoms with Crippen molar-refractivity contribution in [3.05, 3.63) is 40.5 Å². The molecule has 0 bridgehead atoms. The summed E-state index contributed by atoms with van der Waals surface area (Å²) in [6.45, 7) is 3.71. The van der Waals surface area contributed by atoms with Gasteiger partial charge in [-0.2, -0.15) is 5.26 Å². The van der Waals surface area contributed by atoms with Crippen molar-refractivity contribution in [1.29, 1.82) is 5.26 Å². The zero-order valence-electron chi connectivity index (χ0n) is 9.91. The van der Waals surface area contributed by atoms with Crippen LogP contribution >= 0.6 is 0 Å². The Kier molecular flexibility index (Phi) is 2.97. The molecule has 3 heteroatoms. The lowest BCUT2D eigenvalue weighted by molar-refractivity contribution is -0.136. The van der Waals surface area contributed by atoms with Crippen molar-refractivity contribution < 1.29 is 9.53 Å². The number of hydrogen-bond donors (Lipinski definition) is 0. The molecule has 0 aliphatic heterocycles. The van der Waals surface area contributed by atoms with Crippen LogP contribution in [0, 0.1) is 11.3 Å². The van der Waals surface area contributed by atoms with Crippen LogP contribution in [0.15, 0.2) is 23.8 Å². The van der Waals surface area contributed by atoms with E-state index in [0.717, 1.165) is 23.1 Å². The number of carbonyl (C=O) groups is 1. The van der Waals surface area contributed by atoms with Crippen molar-refractivity contribution in [3.8, 4) is 6.07 Å². The van der Waals surface area contributed by atoms with Crippen LogP contribution in [0.25, 0.3) is 5.76 Å².